The maximum atomic E-state index is 11.8. The molecule has 0 bridgehead atoms. The number of nitrogens with one attached hydrogen (secondary N) is 1. The van der Waals surface area contributed by atoms with Gasteiger partial charge in [0.05, 0.1) is 18.5 Å². The molecule has 0 radical (unpaired) electrons. The SMILES string of the molecule is CC(C)OCCS(=O)(=O)NCC1(N)CCCCCC1. The highest BCUT2D eigenvalue weighted by Gasteiger charge is 2.27. The zero-order valence-corrected chi connectivity index (χ0v) is 13.0. The van der Waals surface area contributed by atoms with Crippen molar-refractivity contribution in [3.05, 3.63) is 0 Å². The quantitative estimate of drug-likeness (QED) is 0.695. The zero-order valence-electron chi connectivity index (χ0n) is 12.2. The zero-order chi connectivity index (χ0) is 14.4. The van der Waals surface area contributed by atoms with E-state index in [2.05, 4.69) is 4.72 Å². The van der Waals surface area contributed by atoms with Crippen LogP contribution in [0.1, 0.15) is 52.4 Å². The van der Waals surface area contributed by atoms with Crippen LogP contribution in [-0.4, -0.2) is 39.0 Å². The van der Waals surface area contributed by atoms with Gasteiger partial charge >= 0.3 is 0 Å². The van der Waals surface area contributed by atoms with E-state index in [9.17, 15) is 8.42 Å². The average molecular weight is 292 g/mol. The van der Waals surface area contributed by atoms with E-state index in [0.29, 0.717) is 6.54 Å². The van der Waals surface area contributed by atoms with Crippen LogP contribution in [-0.2, 0) is 14.8 Å². The normalized spacial score (nSPS) is 20.4. The highest BCUT2D eigenvalue weighted by molar-refractivity contribution is 7.89. The minimum absolute atomic E-state index is 0.00125. The minimum Gasteiger partial charge on any atom is -0.378 e. The molecule has 0 atom stereocenters. The summed E-state index contributed by atoms with van der Waals surface area (Å²) in [5.41, 5.74) is 5.91. The minimum atomic E-state index is -3.28. The monoisotopic (exact) mass is 292 g/mol. The summed E-state index contributed by atoms with van der Waals surface area (Å²) in [4.78, 5) is 0. The summed E-state index contributed by atoms with van der Waals surface area (Å²) in [6.07, 6.45) is 6.44. The molecule has 3 N–H and O–H groups in total. The second-order valence-electron chi connectivity index (χ2n) is 5.84. The first-order valence-electron chi connectivity index (χ1n) is 7.21. The van der Waals surface area contributed by atoms with Gasteiger partial charge in [0.25, 0.3) is 0 Å². The van der Waals surface area contributed by atoms with Crippen LogP contribution in [0.5, 0.6) is 0 Å². The Labute approximate surface area is 117 Å². The molecule has 5 nitrogen and oxygen atoms in total. The van der Waals surface area contributed by atoms with Crippen molar-refractivity contribution in [3.8, 4) is 0 Å². The molecule has 0 aromatic carbocycles. The van der Waals surface area contributed by atoms with Gasteiger partial charge in [-0.25, -0.2) is 13.1 Å². The molecule has 0 aliphatic heterocycles. The van der Waals surface area contributed by atoms with E-state index >= 15 is 0 Å². The molecule has 0 amide bonds. The van der Waals surface area contributed by atoms with E-state index in [1.165, 1.54) is 12.8 Å². The molecule has 1 fully saturated rings. The second kappa shape index (κ2) is 7.57. The van der Waals surface area contributed by atoms with Crippen molar-refractivity contribution in [3.63, 3.8) is 0 Å². The fraction of sp³-hybridized carbons (Fsp3) is 1.00. The topological polar surface area (TPSA) is 81.4 Å². The van der Waals surface area contributed by atoms with Gasteiger partial charge in [0.1, 0.15) is 0 Å². The lowest BCUT2D eigenvalue weighted by molar-refractivity contribution is 0.0911. The maximum Gasteiger partial charge on any atom is 0.213 e. The molecule has 0 heterocycles. The summed E-state index contributed by atoms with van der Waals surface area (Å²) < 4.78 is 31.6. The number of ether oxygens (including phenoxy) is 1. The van der Waals surface area contributed by atoms with E-state index in [1.54, 1.807) is 0 Å². The summed E-state index contributed by atoms with van der Waals surface area (Å²) in [5.74, 6) is 0.00125. The Morgan fingerprint density at radius 1 is 1.21 bits per heavy atom. The average Bonchev–Trinajstić information content (AvgIpc) is 2.52. The van der Waals surface area contributed by atoms with Gasteiger partial charge in [-0.1, -0.05) is 25.7 Å². The fourth-order valence-electron chi connectivity index (χ4n) is 2.33. The van der Waals surface area contributed by atoms with Crippen molar-refractivity contribution in [2.45, 2.75) is 64.0 Å². The first kappa shape index (κ1) is 16.9. The lowest BCUT2D eigenvalue weighted by atomic mass is 9.92. The van der Waals surface area contributed by atoms with Gasteiger partial charge in [-0.05, 0) is 26.7 Å². The molecule has 19 heavy (non-hydrogen) atoms. The smallest absolute Gasteiger partial charge is 0.213 e. The number of nitrogens with two attached hydrogens (primary N) is 1. The Morgan fingerprint density at radius 3 is 2.32 bits per heavy atom. The maximum absolute atomic E-state index is 11.8. The van der Waals surface area contributed by atoms with Gasteiger partial charge < -0.3 is 10.5 Å². The number of rotatable bonds is 7. The molecule has 114 valence electrons. The van der Waals surface area contributed by atoms with Crippen molar-refractivity contribution in [1.29, 1.82) is 0 Å². The fourth-order valence-corrected chi connectivity index (χ4v) is 3.30. The third kappa shape index (κ3) is 7.25. The van der Waals surface area contributed by atoms with Crippen molar-refractivity contribution in [2.24, 2.45) is 5.73 Å². The first-order chi connectivity index (χ1) is 8.83. The van der Waals surface area contributed by atoms with Gasteiger partial charge in [-0.3, -0.25) is 0 Å². The molecule has 0 aromatic heterocycles. The van der Waals surface area contributed by atoms with E-state index in [-0.39, 0.29) is 24.0 Å². The first-order valence-corrected chi connectivity index (χ1v) is 8.86. The van der Waals surface area contributed by atoms with Crippen molar-refractivity contribution in [2.75, 3.05) is 18.9 Å². The van der Waals surface area contributed by atoms with Crippen LogP contribution >= 0.6 is 0 Å². The largest absolute Gasteiger partial charge is 0.378 e. The van der Waals surface area contributed by atoms with Crippen LogP contribution in [0.4, 0.5) is 0 Å². The Balaban J connectivity index is 2.36. The molecule has 0 aromatic rings. The van der Waals surface area contributed by atoms with E-state index in [4.69, 9.17) is 10.5 Å². The lowest BCUT2D eigenvalue weighted by Crippen LogP contribution is -2.50. The number of hydrogen-bond donors (Lipinski definition) is 2. The summed E-state index contributed by atoms with van der Waals surface area (Å²) in [6, 6.07) is 0. The molecule has 1 aliphatic carbocycles. The Bertz CT molecular complexity index is 347. The molecular weight excluding hydrogens is 264 g/mol. The van der Waals surface area contributed by atoms with Crippen LogP contribution < -0.4 is 10.5 Å². The summed E-state index contributed by atoms with van der Waals surface area (Å²) in [7, 11) is -3.28. The van der Waals surface area contributed by atoms with Crippen LogP contribution in [0, 0.1) is 0 Å². The lowest BCUT2D eigenvalue weighted by Gasteiger charge is -2.28. The molecule has 1 saturated carbocycles. The predicted octanol–water partition coefficient (Wildman–Crippen LogP) is 1.38. The van der Waals surface area contributed by atoms with Crippen LogP contribution in [0.3, 0.4) is 0 Å². The molecular formula is C13H28N2O3S. The second-order valence-corrected chi connectivity index (χ2v) is 7.76. The van der Waals surface area contributed by atoms with Crippen LogP contribution in [0.25, 0.3) is 0 Å². The van der Waals surface area contributed by atoms with Crippen LogP contribution in [0.2, 0.25) is 0 Å². The summed E-state index contributed by atoms with van der Waals surface area (Å²) in [5, 5.41) is 0. The molecule has 0 spiro atoms. The predicted molar refractivity (Wildman–Crippen MR) is 77.5 cm³/mol. The van der Waals surface area contributed by atoms with Gasteiger partial charge in [-0.2, -0.15) is 0 Å². The molecule has 1 rings (SSSR count). The Kier molecular flexibility index (Phi) is 6.73. The standard InChI is InChI=1S/C13H28N2O3S/c1-12(2)18-9-10-19(16,17)15-11-13(14)7-5-3-4-6-8-13/h12,15H,3-11,14H2,1-2H3. The van der Waals surface area contributed by atoms with Gasteiger partial charge in [-0.15, -0.1) is 0 Å². The van der Waals surface area contributed by atoms with E-state index in [1.807, 2.05) is 13.8 Å². The Hall–Kier alpha value is -0.170. The third-order valence-electron chi connectivity index (χ3n) is 3.55. The number of hydrogen-bond acceptors (Lipinski definition) is 4. The van der Waals surface area contributed by atoms with Crippen molar-refractivity contribution < 1.29 is 13.2 Å². The summed E-state index contributed by atoms with van der Waals surface area (Å²) >= 11 is 0. The van der Waals surface area contributed by atoms with Gasteiger partial charge in [0.15, 0.2) is 0 Å². The molecule has 0 saturated heterocycles. The molecule has 0 unspecified atom stereocenters. The Morgan fingerprint density at radius 2 is 1.79 bits per heavy atom. The highest BCUT2D eigenvalue weighted by atomic mass is 32.2. The van der Waals surface area contributed by atoms with Gasteiger partial charge in [0, 0.05) is 12.1 Å². The summed E-state index contributed by atoms with van der Waals surface area (Å²) in [6.45, 7) is 4.35. The molecule has 1 aliphatic rings. The number of sulfonamides is 1. The van der Waals surface area contributed by atoms with E-state index in [0.717, 1.165) is 25.7 Å². The van der Waals surface area contributed by atoms with E-state index < -0.39 is 10.0 Å². The highest BCUT2D eigenvalue weighted by Crippen LogP contribution is 2.24. The van der Waals surface area contributed by atoms with Gasteiger partial charge in [0.2, 0.25) is 10.0 Å². The molecule has 6 heteroatoms. The van der Waals surface area contributed by atoms with Crippen molar-refractivity contribution in [1.82, 2.24) is 4.72 Å². The third-order valence-corrected chi connectivity index (χ3v) is 4.84. The van der Waals surface area contributed by atoms with Crippen molar-refractivity contribution >= 4 is 10.0 Å². The van der Waals surface area contributed by atoms with Crippen LogP contribution in [0.15, 0.2) is 0 Å².